The topological polar surface area (TPSA) is 38.0 Å². The summed E-state index contributed by atoms with van der Waals surface area (Å²) in [6, 6.07) is 0. The molecule has 1 N–H and O–H groups in total. The van der Waals surface area contributed by atoms with Crippen LogP contribution in [-0.2, 0) is 7.05 Å². The van der Waals surface area contributed by atoms with E-state index in [4.69, 9.17) is 0 Å². The Balaban J connectivity index is 1.52. The van der Waals surface area contributed by atoms with Crippen LogP contribution in [0, 0.1) is 23.7 Å². The molecule has 19 heavy (non-hydrogen) atoms. The van der Waals surface area contributed by atoms with Crippen molar-refractivity contribution >= 4 is 11.8 Å². The van der Waals surface area contributed by atoms with Crippen LogP contribution >= 0.6 is 11.8 Å². The first-order valence-corrected chi connectivity index (χ1v) is 8.46. The Morgan fingerprint density at radius 2 is 1.89 bits per heavy atom. The molecule has 0 saturated heterocycles. The van der Waals surface area contributed by atoms with E-state index in [1.54, 1.807) is 11.8 Å². The maximum atomic E-state index is 11.2. The van der Waals surface area contributed by atoms with Crippen molar-refractivity contribution in [2.45, 2.75) is 42.9 Å². The van der Waals surface area contributed by atoms with Gasteiger partial charge in [-0.3, -0.25) is 0 Å². The Morgan fingerprint density at radius 3 is 2.42 bits per heavy atom. The van der Waals surface area contributed by atoms with Gasteiger partial charge in [0.2, 0.25) is 0 Å². The highest BCUT2D eigenvalue weighted by molar-refractivity contribution is 7.99. The van der Waals surface area contributed by atoms with Gasteiger partial charge in [-0.25, -0.2) is 4.98 Å². The van der Waals surface area contributed by atoms with Crippen molar-refractivity contribution in [3.63, 3.8) is 0 Å². The lowest BCUT2D eigenvalue weighted by Crippen LogP contribution is -2.59. The van der Waals surface area contributed by atoms with E-state index in [1.165, 1.54) is 32.1 Å². The fraction of sp³-hybridized carbons (Fsp3) is 0.800. The summed E-state index contributed by atoms with van der Waals surface area (Å²) in [7, 11) is 2.02. The summed E-state index contributed by atoms with van der Waals surface area (Å²) in [6.45, 7) is 0. The van der Waals surface area contributed by atoms with Gasteiger partial charge in [0.15, 0.2) is 5.16 Å². The van der Waals surface area contributed by atoms with E-state index in [1.807, 2.05) is 24.0 Å². The number of nitrogens with zero attached hydrogens (tertiary/aromatic N) is 2. The molecular weight excluding hydrogens is 256 g/mol. The molecule has 0 atom stereocenters. The van der Waals surface area contributed by atoms with Crippen LogP contribution < -0.4 is 0 Å². The van der Waals surface area contributed by atoms with Gasteiger partial charge in [-0.2, -0.15) is 0 Å². The van der Waals surface area contributed by atoms with Gasteiger partial charge in [-0.05, 0) is 55.8 Å². The van der Waals surface area contributed by atoms with Gasteiger partial charge in [-0.1, -0.05) is 11.8 Å². The molecule has 1 aromatic heterocycles. The van der Waals surface area contributed by atoms with E-state index in [0.29, 0.717) is 11.8 Å². The summed E-state index contributed by atoms with van der Waals surface area (Å²) in [5.74, 6) is 3.77. The molecule has 0 unspecified atom stereocenters. The van der Waals surface area contributed by atoms with Crippen molar-refractivity contribution < 1.29 is 5.11 Å². The molecule has 104 valence electrons. The van der Waals surface area contributed by atoms with Crippen LogP contribution in [0.4, 0.5) is 0 Å². The third kappa shape index (κ3) is 1.87. The molecule has 0 radical (unpaired) electrons. The zero-order valence-electron chi connectivity index (χ0n) is 11.5. The number of rotatable bonds is 3. The fourth-order valence-corrected chi connectivity index (χ4v) is 6.14. The van der Waals surface area contributed by atoms with Crippen molar-refractivity contribution in [3.05, 3.63) is 12.4 Å². The van der Waals surface area contributed by atoms with Crippen LogP contribution in [0.15, 0.2) is 17.6 Å². The lowest BCUT2D eigenvalue weighted by molar-refractivity contribution is -0.158. The molecule has 4 heteroatoms. The van der Waals surface area contributed by atoms with Gasteiger partial charge in [0, 0.05) is 25.2 Å². The maximum Gasteiger partial charge on any atom is 0.167 e. The third-order valence-electron chi connectivity index (χ3n) is 5.76. The van der Waals surface area contributed by atoms with E-state index >= 15 is 0 Å². The van der Waals surface area contributed by atoms with Crippen molar-refractivity contribution in [2.24, 2.45) is 30.7 Å². The van der Waals surface area contributed by atoms with Crippen molar-refractivity contribution in [3.8, 4) is 0 Å². The second-order valence-electron chi connectivity index (χ2n) is 6.91. The molecule has 0 aromatic carbocycles. The van der Waals surface area contributed by atoms with Crippen molar-refractivity contribution in [1.82, 2.24) is 9.55 Å². The van der Waals surface area contributed by atoms with E-state index < -0.39 is 5.60 Å². The molecule has 4 aliphatic rings. The summed E-state index contributed by atoms with van der Waals surface area (Å²) < 4.78 is 2.05. The average Bonchev–Trinajstić information content (AvgIpc) is 2.78. The second kappa shape index (κ2) is 4.26. The Morgan fingerprint density at radius 1 is 1.26 bits per heavy atom. The highest BCUT2D eigenvalue weighted by Gasteiger charge is 2.56. The Bertz CT molecular complexity index is 456. The van der Waals surface area contributed by atoms with Gasteiger partial charge in [0.1, 0.15) is 0 Å². The zero-order chi connectivity index (χ0) is 13.0. The third-order valence-corrected chi connectivity index (χ3v) is 7.02. The molecule has 4 saturated carbocycles. The van der Waals surface area contributed by atoms with Crippen molar-refractivity contribution in [1.29, 1.82) is 0 Å². The standard InChI is InChI=1S/C15H22N2OS/c1-17-3-2-16-14(17)19-9-15(18)12-5-10-4-11(7-12)8-13(15)6-10/h2-3,10-13,18H,4-9H2,1H3. The number of hydrogen-bond acceptors (Lipinski definition) is 3. The molecule has 5 rings (SSSR count). The Kier molecular flexibility index (Phi) is 2.75. The monoisotopic (exact) mass is 278 g/mol. The molecule has 1 heterocycles. The predicted octanol–water partition coefficient (Wildman–Crippen LogP) is 2.70. The summed E-state index contributed by atoms with van der Waals surface area (Å²) >= 11 is 1.73. The molecule has 0 amide bonds. The Labute approximate surface area is 118 Å². The summed E-state index contributed by atoms with van der Waals surface area (Å²) in [5, 5.41) is 12.3. The minimum Gasteiger partial charge on any atom is -0.388 e. The molecule has 4 aliphatic carbocycles. The Hall–Kier alpha value is -0.480. The normalized spacial score (nSPS) is 43.9. The molecule has 1 aromatic rings. The molecule has 0 spiro atoms. The van der Waals surface area contributed by atoms with Gasteiger partial charge < -0.3 is 9.67 Å². The van der Waals surface area contributed by atoms with E-state index in [-0.39, 0.29) is 0 Å². The lowest BCUT2D eigenvalue weighted by Gasteiger charge is -2.58. The highest BCUT2D eigenvalue weighted by Crippen LogP contribution is 2.59. The number of hydrogen-bond donors (Lipinski definition) is 1. The van der Waals surface area contributed by atoms with E-state index in [9.17, 15) is 5.11 Å². The highest BCUT2D eigenvalue weighted by atomic mass is 32.2. The molecule has 4 bridgehead atoms. The molecular formula is C15H22N2OS. The SMILES string of the molecule is Cn1ccnc1SCC1(O)C2CC3CC(C2)CC1C3. The van der Waals surface area contributed by atoms with Gasteiger partial charge in [0.05, 0.1) is 5.60 Å². The number of aliphatic hydroxyl groups is 1. The van der Waals surface area contributed by atoms with Gasteiger partial charge >= 0.3 is 0 Å². The first kappa shape index (κ1) is 12.3. The fourth-order valence-electron chi connectivity index (χ4n) is 4.91. The van der Waals surface area contributed by atoms with Crippen molar-refractivity contribution in [2.75, 3.05) is 5.75 Å². The minimum atomic E-state index is -0.427. The van der Waals surface area contributed by atoms with Crippen LogP contribution in [0.3, 0.4) is 0 Å². The second-order valence-corrected chi connectivity index (χ2v) is 7.85. The van der Waals surface area contributed by atoms with Crippen LogP contribution in [0.1, 0.15) is 32.1 Å². The minimum absolute atomic E-state index is 0.427. The number of aromatic nitrogens is 2. The summed E-state index contributed by atoms with van der Waals surface area (Å²) in [6.07, 6.45) is 10.3. The maximum absolute atomic E-state index is 11.2. The summed E-state index contributed by atoms with van der Waals surface area (Å²) in [4.78, 5) is 4.36. The quantitative estimate of drug-likeness (QED) is 0.864. The average molecular weight is 278 g/mol. The van der Waals surface area contributed by atoms with Crippen LogP contribution in [0.25, 0.3) is 0 Å². The van der Waals surface area contributed by atoms with Crippen LogP contribution in [0.5, 0.6) is 0 Å². The van der Waals surface area contributed by atoms with E-state index in [0.717, 1.165) is 22.7 Å². The largest absolute Gasteiger partial charge is 0.388 e. The van der Waals surface area contributed by atoms with Crippen LogP contribution in [0.2, 0.25) is 0 Å². The smallest absolute Gasteiger partial charge is 0.167 e. The molecule has 4 fully saturated rings. The molecule has 0 aliphatic heterocycles. The van der Waals surface area contributed by atoms with Gasteiger partial charge in [0.25, 0.3) is 0 Å². The number of aryl methyl sites for hydroxylation is 1. The zero-order valence-corrected chi connectivity index (χ0v) is 12.3. The van der Waals surface area contributed by atoms with Gasteiger partial charge in [-0.15, -0.1) is 0 Å². The van der Waals surface area contributed by atoms with Crippen LogP contribution in [-0.4, -0.2) is 26.0 Å². The first-order chi connectivity index (χ1) is 9.15. The molecule has 3 nitrogen and oxygen atoms in total. The number of thioether (sulfide) groups is 1. The lowest BCUT2D eigenvalue weighted by atomic mass is 9.50. The number of imidazole rings is 1. The van der Waals surface area contributed by atoms with E-state index in [2.05, 4.69) is 4.98 Å². The summed E-state index contributed by atoms with van der Waals surface area (Å²) in [5.41, 5.74) is -0.427. The predicted molar refractivity (Wildman–Crippen MR) is 75.9 cm³/mol. The first-order valence-electron chi connectivity index (χ1n) is 7.47.